The largest absolute Gasteiger partial charge is 0.347 e. The number of likely N-dealkylation sites (tertiary alicyclic amines) is 2. The van der Waals surface area contributed by atoms with E-state index < -0.39 is 0 Å². The SMILES string of the molecule is Cn1cccc1C(=O)N1CCC2(CC1)C[C@H](c1ccccc1)CN(C1CC1)C2. The molecule has 5 rings (SSSR count). The molecular formula is C24H31N3O. The van der Waals surface area contributed by atoms with E-state index in [1.165, 1.54) is 37.9 Å². The molecule has 2 aromatic rings. The monoisotopic (exact) mass is 377 g/mol. The van der Waals surface area contributed by atoms with Gasteiger partial charge in [0.15, 0.2) is 0 Å². The molecule has 0 bridgehead atoms. The van der Waals surface area contributed by atoms with Crippen LogP contribution in [0.5, 0.6) is 0 Å². The number of aryl methyl sites for hydroxylation is 1. The van der Waals surface area contributed by atoms with E-state index in [2.05, 4.69) is 40.1 Å². The highest BCUT2D eigenvalue weighted by atomic mass is 16.2. The molecule has 1 spiro atoms. The standard InChI is InChI=1S/C24H31N3O/c1-25-13-5-8-22(25)23(28)26-14-11-24(12-15-26)16-20(19-6-3-2-4-7-19)17-27(18-24)21-9-10-21/h2-8,13,20-21H,9-12,14-18H2,1H3/t20-/m0/s1. The van der Waals surface area contributed by atoms with E-state index in [1.54, 1.807) is 0 Å². The number of carbonyl (C=O) groups is 1. The average Bonchev–Trinajstić information content (AvgIpc) is 3.49. The molecule has 0 N–H and O–H groups in total. The Balaban J connectivity index is 1.32. The predicted octanol–water partition coefficient (Wildman–Crippen LogP) is 3.90. The van der Waals surface area contributed by atoms with Gasteiger partial charge in [-0.1, -0.05) is 30.3 Å². The average molecular weight is 378 g/mol. The van der Waals surface area contributed by atoms with Gasteiger partial charge in [-0.25, -0.2) is 0 Å². The van der Waals surface area contributed by atoms with Crippen molar-refractivity contribution < 1.29 is 4.79 Å². The Morgan fingerprint density at radius 1 is 1.04 bits per heavy atom. The number of hydrogen-bond donors (Lipinski definition) is 0. The van der Waals surface area contributed by atoms with Crippen LogP contribution in [0.2, 0.25) is 0 Å². The number of carbonyl (C=O) groups excluding carboxylic acids is 1. The van der Waals surface area contributed by atoms with Crippen molar-refractivity contribution in [1.29, 1.82) is 0 Å². The van der Waals surface area contributed by atoms with Gasteiger partial charge < -0.3 is 9.47 Å². The highest BCUT2D eigenvalue weighted by Gasteiger charge is 2.46. The van der Waals surface area contributed by atoms with Crippen LogP contribution in [0.3, 0.4) is 0 Å². The van der Waals surface area contributed by atoms with E-state index in [1.807, 2.05) is 29.9 Å². The van der Waals surface area contributed by atoms with Crippen LogP contribution in [0.1, 0.15) is 54.1 Å². The minimum Gasteiger partial charge on any atom is -0.347 e. The van der Waals surface area contributed by atoms with Crippen molar-refractivity contribution in [2.24, 2.45) is 12.5 Å². The maximum atomic E-state index is 12.9. The van der Waals surface area contributed by atoms with Gasteiger partial charge in [0.2, 0.25) is 0 Å². The molecule has 148 valence electrons. The first-order chi connectivity index (χ1) is 13.6. The molecule has 3 heterocycles. The first-order valence-electron chi connectivity index (χ1n) is 10.8. The first-order valence-corrected chi connectivity index (χ1v) is 10.8. The quantitative estimate of drug-likeness (QED) is 0.812. The molecule has 1 aromatic heterocycles. The van der Waals surface area contributed by atoms with E-state index >= 15 is 0 Å². The van der Waals surface area contributed by atoms with Crippen molar-refractivity contribution in [2.75, 3.05) is 26.2 Å². The lowest BCUT2D eigenvalue weighted by atomic mass is 9.68. The molecule has 0 radical (unpaired) electrons. The highest BCUT2D eigenvalue weighted by molar-refractivity contribution is 5.92. The fourth-order valence-corrected chi connectivity index (χ4v) is 5.49. The Bertz CT molecular complexity index is 831. The fourth-order valence-electron chi connectivity index (χ4n) is 5.49. The van der Waals surface area contributed by atoms with Gasteiger partial charge in [-0.2, -0.15) is 0 Å². The van der Waals surface area contributed by atoms with E-state index in [0.29, 0.717) is 11.3 Å². The highest BCUT2D eigenvalue weighted by Crippen LogP contribution is 2.47. The van der Waals surface area contributed by atoms with Crippen molar-refractivity contribution in [2.45, 2.75) is 44.1 Å². The summed E-state index contributed by atoms with van der Waals surface area (Å²) in [5.74, 6) is 0.822. The van der Waals surface area contributed by atoms with E-state index in [-0.39, 0.29) is 5.91 Å². The summed E-state index contributed by atoms with van der Waals surface area (Å²) in [5, 5.41) is 0. The fraction of sp³-hybridized carbons (Fsp3) is 0.542. The second kappa shape index (κ2) is 7.07. The van der Waals surface area contributed by atoms with Gasteiger partial charge in [0.1, 0.15) is 5.69 Å². The Morgan fingerprint density at radius 3 is 2.43 bits per heavy atom. The lowest BCUT2D eigenvalue weighted by Crippen LogP contribution is -2.53. The zero-order chi connectivity index (χ0) is 19.1. The maximum Gasteiger partial charge on any atom is 0.270 e. The number of benzene rings is 1. The molecule has 3 fully saturated rings. The molecule has 1 aromatic carbocycles. The van der Waals surface area contributed by atoms with Crippen molar-refractivity contribution in [3.63, 3.8) is 0 Å². The summed E-state index contributed by atoms with van der Waals surface area (Å²) in [7, 11) is 1.96. The molecule has 2 saturated heterocycles. The minimum atomic E-state index is 0.191. The summed E-state index contributed by atoms with van der Waals surface area (Å²) >= 11 is 0. The smallest absolute Gasteiger partial charge is 0.270 e. The minimum absolute atomic E-state index is 0.191. The van der Waals surface area contributed by atoms with Gasteiger partial charge in [0.25, 0.3) is 5.91 Å². The summed E-state index contributed by atoms with van der Waals surface area (Å²) < 4.78 is 1.94. The molecule has 3 aliphatic rings. The summed E-state index contributed by atoms with van der Waals surface area (Å²) in [5.41, 5.74) is 2.67. The number of rotatable bonds is 3. The molecular weight excluding hydrogens is 346 g/mol. The van der Waals surface area contributed by atoms with Crippen LogP contribution in [0.15, 0.2) is 48.7 Å². The molecule has 4 nitrogen and oxygen atoms in total. The zero-order valence-electron chi connectivity index (χ0n) is 16.9. The van der Waals surface area contributed by atoms with Gasteiger partial charge in [0, 0.05) is 45.5 Å². The van der Waals surface area contributed by atoms with Crippen molar-refractivity contribution >= 4 is 5.91 Å². The Hall–Kier alpha value is -2.07. The third-order valence-corrected chi connectivity index (χ3v) is 7.28. The zero-order valence-corrected chi connectivity index (χ0v) is 16.9. The van der Waals surface area contributed by atoms with Gasteiger partial charge in [-0.3, -0.25) is 9.69 Å². The number of piperidine rings is 2. The Labute approximate surface area is 168 Å². The number of aromatic nitrogens is 1. The van der Waals surface area contributed by atoms with Crippen LogP contribution in [0, 0.1) is 5.41 Å². The van der Waals surface area contributed by atoms with Crippen LogP contribution in [-0.2, 0) is 7.05 Å². The van der Waals surface area contributed by atoms with Crippen molar-refractivity contribution in [3.8, 4) is 0 Å². The molecule has 4 heteroatoms. The van der Waals surface area contributed by atoms with Gasteiger partial charge in [-0.05, 0) is 61.1 Å². The Kier molecular flexibility index (Phi) is 4.54. The van der Waals surface area contributed by atoms with Crippen molar-refractivity contribution in [3.05, 3.63) is 59.9 Å². The molecule has 0 unspecified atom stereocenters. The molecule has 2 aliphatic heterocycles. The van der Waals surface area contributed by atoms with E-state index in [9.17, 15) is 4.79 Å². The lowest BCUT2D eigenvalue weighted by Gasteiger charge is -2.50. The molecule has 1 saturated carbocycles. The van der Waals surface area contributed by atoms with Crippen molar-refractivity contribution in [1.82, 2.24) is 14.4 Å². The molecule has 1 atom stereocenters. The van der Waals surface area contributed by atoms with Crippen LogP contribution >= 0.6 is 0 Å². The predicted molar refractivity (Wildman–Crippen MR) is 111 cm³/mol. The number of nitrogens with zero attached hydrogens (tertiary/aromatic N) is 3. The normalized spacial score (nSPS) is 25.2. The summed E-state index contributed by atoms with van der Waals surface area (Å²) in [4.78, 5) is 17.8. The molecule has 28 heavy (non-hydrogen) atoms. The van der Waals surface area contributed by atoms with Crippen LogP contribution in [0.4, 0.5) is 0 Å². The summed E-state index contributed by atoms with van der Waals surface area (Å²) in [6, 6.07) is 15.8. The number of amides is 1. The lowest BCUT2D eigenvalue weighted by molar-refractivity contribution is 0.0108. The second-order valence-corrected chi connectivity index (χ2v) is 9.27. The second-order valence-electron chi connectivity index (χ2n) is 9.27. The van der Waals surface area contributed by atoms with E-state index in [0.717, 1.165) is 37.7 Å². The summed E-state index contributed by atoms with van der Waals surface area (Å²) in [6.07, 6.45) is 8.24. The third-order valence-electron chi connectivity index (χ3n) is 7.28. The summed E-state index contributed by atoms with van der Waals surface area (Å²) in [6.45, 7) is 4.23. The third kappa shape index (κ3) is 3.39. The van der Waals surface area contributed by atoms with Crippen LogP contribution in [-0.4, -0.2) is 52.5 Å². The van der Waals surface area contributed by atoms with Gasteiger partial charge in [0.05, 0.1) is 0 Å². The molecule has 1 aliphatic carbocycles. The van der Waals surface area contributed by atoms with Crippen LogP contribution in [0.25, 0.3) is 0 Å². The topological polar surface area (TPSA) is 28.5 Å². The van der Waals surface area contributed by atoms with Crippen LogP contribution < -0.4 is 0 Å². The first kappa shape index (κ1) is 18.0. The Morgan fingerprint density at radius 2 is 1.79 bits per heavy atom. The number of hydrogen-bond acceptors (Lipinski definition) is 2. The van der Waals surface area contributed by atoms with E-state index in [4.69, 9.17) is 0 Å². The molecule has 1 amide bonds. The van der Waals surface area contributed by atoms with Gasteiger partial charge >= 0.3 is 0 Å². The van der Waals surface area contributed by atoms with Gasteiger partial charge in [-0.15, -0.1) is 0 Å². The maximum absolute atomic E-state index is 12.9.